The van der Waals surface area contributed by atoms with Crippen LogP contribution in [0.15, 0.2) is 0 Å². The molecule has 1 fully saturated rings. The third kappa shape index (κ3) is 6.37. The van der Waals surface area contributed by atoms with Gasteiger partial charge in [0.2, 0.25) is 15.9 Å². The number of sulfonamides is 1. The third-order valence-corrected chi connectivity index (χ3v) is 6.07. The number of hydrogen-bond donors (Lipinski definition) is 0. The minimum atomic E-state index is -3.25. The van der Waals surface area contributed by atoms with E-state index in [1.54, 1.807) is 19.1 Å². The molecule has 0 N–H and O–H groups in total. The molecule has 0 aliphatic carbocycles. The highest BCUT2D eigenvalue weighted by Crippen LogP contribution is 2.21. The predicted molar refractivity (Wildman–Crippen MR) is 88.7 cm³/mol. The second-order valence-electron chi connectivity index (χ2n) is 5.82. The van der Waals surface area contributed by atoms with Gasteiger partial charge in [0, 0.05) is 40.4 Å². The molecule has 23 heavy (non-hydrogen) atoms. The van der Waals surface area contributed by atoms with Crippen molar-refractivity contribution in [2.75, 3.05) is 59.4 Å². The van der Waals surface area contributed by atoms with E-state index in [1.165, 1.54) is 4.31 Å². The summed E-state index contributed by atoms with van der Waals surface area (Å²) >= 11 is 0. The molecule has 1 heterocycles. The molecule has 1 aliphatic rings. The molecule has 1 amide bonds. The number of carbonyl (C=O) groups excluding carboxylic acids is 1. The van der Waals surface area contributed by atoms with Gasteiger partial charge < -0.3 is 14.4 Å². The number of ether oxygens (including phenoxy) is 2. The van der Waals surface area contributed by atoms with Crippen molar-refractivity contribution >= 4 is 15.9 Å². The van der Waals surface area contributed by atoms with Crippen LogP contribution < -0.4 is 0 Å². The number of piperidine rings is 1. The maximum atomic E-state index is 12.7. The van der Waals surface area contributed by atoms with E-state index in [9.17, 15) is 13.2 Å². The van der Waals surface area contributed by atoms with E-state index in [0.29, 0.717) is 39.3 Å². The van der Waals surface area contributed by atoms with E-state index in [1.807, 2.05) is 6.92 Å². The lowest BCUT2D eigenvalue weighted by molar-refractivity contribution is -0.138. The first-order valence-electron chi connectivity index (χ1n) is 8.20. The Morgan fingerprint density at radius 1 is 1.22 bits per heavy atom. The summed E-state index contributed by atoms with van der Waals surface area (Å²) in [5.74, 6) is -0.134. The van der Waals surface area contributed by atoms with Crippen molar-refractivity contribution < 1.29 is 22.7 Å². The fourth-order valence-electron chi connectivity index (χ4n) is 2.78. The highest BCUT2D eigenvalue weighted by Gasteiger charge is 2.33. The van der Waals surface area contributed by atoms with Crippen LogP contribution >= 0.6 is 0 Å². The summed E-state index contributed by atoms with van der Waals surface area (Å²) in [7, 11) is -0.0545. The summed E-state index contributed by atoms with van der Waals surface area (Å²) in [6.45, 7) is 4.56. The zero-order valence-electron chi connectivity index (χ0n) is 14.5. The number of amides is 1. The quantitative estimate of drug-likeness (QED) is 0.575. The summed E-state index contributed by atoms with van der Waals surface area (Å²) in [4.78, 5) is 14.4. The Labute approximate surface area is 140 Å². The molecule has 7 nitrogen and oxygen atoms in total. The van der Waals surface area contributed by atoms with Gasteiger partial charge in [0.15, 0.2) is 0 Å². The number of rotatable bonds is 10. The SMILES string of the molecule is CCCS(=O)(=O)N1CCCC(C(=O)N(CCOC)CCOC)C1. The minimum Gasteiger partial charge on any atom is -0.383 e. The molecular formula is C15H30N2O5S. The molecule has 0 aromatic rings. The first-order chi connectivity index (χ1) is 11.0. The molecule has 1 saturated heterocycles. The van der Waals surface area contributed by atoms with E-state index in [-0.39, 0.29) is 24.1 Å². The van der Waals surface area contributed by atoms with Crippen molar-refractivity contribution in [3.63, 3.8) is 0 Å². The summed E-state index contributed by atoms with van der Waals surface area (Å²) in [5, 5.41) is 0. The predicted octanol–water partition coefficient (Wildman–Crippen LogP) is 0.560. The van der Waals surface area contributed by atoms with E-state index in [2.05, 4.69) is 0 Å². The monoisotopic (exact) mass is 350 g/mol. The van der Waals surface area contributed by atoms with Gasteiger partial charge in [-0.05, 0) is 19.3 Å². The summed E-state index contributed by atoms with van der Waals surface area (Å²) in [6.07, 6.45) is 2.04. The molecule has 136 valence electrons. The maximum absolute atomic E-state index is 12.7. The average Bonchev–Trinajstić information content (AvgIpc) is 2.54. The van der Waals surface area contributed by atoms with Crippen LogP contribution in [0.5, 0.6) is 0 Å². The summed E-state index contributed by atoms with van der Waals surface area (Å²) < 4.78 is 36.0. The number of nitrogens with zero attached hydrogens (tertiary/aromatic N) is 2. The number of carbonyl (C=O) groups is 1. The second-order valence-corrected chi connectivity index (χ2v) is 7.91. The Morgan fingerprint density at radius 3 is 2.35 bits per heavy atom. The van der Waals surface area contributed by atoms with Gasteiger partial charge in [0.05, 0.1) is 24.9 Å². The molecule has 0 saturated carbocycles. The molecule has 1 rings (SSSR count). The van der Waals surface area contributed by atoms with Crippen molar-refractivity contribution in [3.8, 4) is 0 Å². The zero-order chi connectivity index (χ0) is 17.3. The van der Waals surface area contributed by atoms with Crippen molar-refractivity contribution in [2.24, 2.45) is 5.92 Å². The normalized spacial score (nSPS) is 19.7. The Balaban J connectivity index is 2.71. The van der Waals surface area contributed by atoms with Crippen molar-refractivity contribution in [1.82, 2.24) is 9.21 Å². The van der Waals surface area contributed by atoms with E-state index < -0.39 is 10.0 Å². The van der Waals surface area contributed by atoms with Gasteiger partial charge in [-0.1, -0.05) is 6.92 Å². The van der Waals surface area contributed by atoms with Crippen LogP contribution in [0.4, 0.5) is 0 Å². The van der Waals surface area contributed by atoms with Crippen LogP contribution in [-0.2, 0) is 24.3 Å². The van der Waals surface area contributed by atoms with Crippen LogP contribution in [0, 0.1) is 5.92 Å². The van der Waals surface area contributed by atoms with Crippen molar-refractivity contribution in [3.05, 3.63) is 0 Å². The van der Waals surface area contributed by atoms with Crippen molar-refractivity contribution in [2.45, 2.75) is 26.2 Å². The highest BCUT2D eigenvalue weighted by molar-refractivity contribution is 7.89. The molecule has 1 atom stereocenters. The first-order valence-corrected chi connectivity index (χ1v) is 9.81. The largest absolute Gasteiger partial charge is 0.383 e. The topological polar surface area (TPSA) is 76.2 Å². The third-order valence-electron chi connectivity index (χ3n) is 4.03. The number of hydrogen-bond acceptors (Lipinski definition) is 5. The Hall–Kier alpha value is -0.700. The molecule has 1 unspecified atom stereocenters. The lowest BCUT2D eigenvalue weighted by atomic mass is 9.98. The molecule has 0 aromatic carbocycles. The lowest BCUT2D eigenvalue weighted by Crippen LogP contribution is -2.48. The van der Waals surface area contributed by atoms with Crippen LogP contribution in [-0.4, -0.2) is 82.9 Å². The van der Waals surface area contributed by atoms with Crippen molar-refractivity contribution in [1.29, 1.82) is 0 Å². The number of methoxy groups -OCH3 is 2. The van der Waals surface area contributed by atoms with Gasteiger partial charge in [-0.2, -0.15) is 0 Å². The second kappa shape index (κ2) is 10.2. The fraction of sp³-hybridized carbons (Fsp3) is 0.933. The molecule has 1 aliphatic heterocycles. The summed E-state index contributed by atoms with van der Waals surface area (Å²) in [5.41, 5.74) is 0. The lowest BCUT2D eigenvalue weighted by Gasteiger charge is -2.34. The summed E-state index contributed by atoms with van der Waals surface area (Å²) in [6, 6.07) is 0. The van der Waals surface area contributed by atoms with Gasteiger partial charge in [-0.15, -0.1) is 0 Å². The fourth-order valence-corrected chi connectivity index (χ4v) is 4.37. The Morgan fingerprint density at radius 2 is 1.83 bits per heavy atom. The van der Waals surface area contributed by atoms with E-state index in [0.717, 1.165) is 12.8 Å². The van der Waals surface area contributed by atoms with Crippen LogP contribution in [0.25, 0.3) is 0 Å². The van der Waals surface area contributed by atoms with Gasteiger partial charge in [-0.3, -0.25) is 4.79 Å². The van der Waals surface area contributed by atoms with Crippen LogP contribution in [0.2, 0.25) is 0 Å². The average molecular weight is 350 g/mol. The molecule has 0 spiro atoms. The standard InChI is InChI=1S/C15H30N2O5S/c1-4-12-23(19,20)17-7-5-6-14(13-17)15(18)16(8-10-21-2)9-11-22-3/h14H,4-13H2,1-3H3. The molecular weight excluding hydrogens is 320 g/mol. The van der Waals surface area contributed by atoms with E-state index in [4.69, 9.17) is 9.47 Å². The van der Waals surface area contributed by atoms with Gasteiger partial charge in [-0.25, -0.2) is 12.7 Å². The molecule has 8 heteroatoms. The Kier molecular flexibility index (Phi) is 9.04. The highest BCUT2D eigenvalue weighted by atomic mass is 32.2. The smallest absolute Gasteiger partial charge is 0.227 e. The van der Waals surface area contributed by atoms with Crippen LogP contribution in [0.1, 0.15) is 26.2 Å². The van der Waals surface area contributed by atoms with Gasteiger partial charge in [0.25, 0.3) is 0 Å². The molecule has 0 bridgehead atoms. The van der Waals surface area contributed by atoms with E-state index >= 15 is 0 Å². The van der Waals surface area contributed by atoms with Gasteiger partial charge in [0.1, 0.15) is 0 Å². The minimum absolute atomic E-state index is 0.00417. The molecule has 0 aromatic heterocycles. The van der Waals surface area contributed by atoms with Gasteiger partial charge >= 0.3 is 0 Å². The van der Waals surface area contributed by atoms with Crippen LogP contribution in [0.3, 0.4) is 0 Å². The molecule has 0 radical (unpaired) electrons. The maximum Gasteiger partial charge on any atom is 0.227 e. The Bertz CT molecular complexity index is 447. The first kappa shape index (κ1) is 20.3. The zero-order valence-corrected chi connectivity index (χ0v) is 15.3.